The number of esters is 1. The summed E-state index contributed by atoms with van der Waals surface area (Å²) in [6, 6.07) is 0.310. The lowest BCUT2D eigenvalue weighted by Crippen LogP contribution is -2.73. The molecule has 3 saturated heterocycles. The van der Waals surface area contributed by atoms with E-state index in [2.05, 4.69) is 21.3 Å². The van der Waals surface area contributed by atoms with Gasteiger partial charge in [-0.05, 0) is 116 Å². The number of urea groups is 1. The van der Waals surface area contributed by atoms with Gasteiger partial charge in [0, 0.05) is 47.9 Å². The first-order valence-electron chi connectivity index (χ1n) is 22.2. The first-order chi connectivity index (χ1) is 28.3. The summed E-state index contributed by atoms with van der Waals surface area (Å²) in [5, 5.41) is 49.8. The molecule has 332 valence electrons. The van der Waals surface area contributed by atoms with Crippen molar-refractivity contribution in [3.05, 3.63) is 23.3 Å². The number of hydrogen-bond acceptors (Lipinski definition) is 12. The Bertz CT molecular complexity index is 1860. The Labute approximate surface area is 356 Å². The number of fused-ring (bicyclic) bond motifs is 5. The molecule has 7 unspecified atom stereocenters. The van der Waals surface area contributed by atoms with Gasteiger partial charge in [-0.15, -0.1) is 0 Å². The third-order valence-corrected chi connectivity index (χ3v) is 18.3. The Hall–Kier alpha value is -3.18. The van der Waals surface area contributed by atoms with Gasteiger partial charge in [-0.25, -0.2) is 14.4 Å². The normalized spacial score (nSPS) is 43.3. The van der Waals surface area contributed by atoms with Crippen LogP contribution < -0.4 is 21.3 Å². The summed E-state index contributed by atoms with van der Waals surface area (Å²) < 4.78 is 18.2. The topological polar surface area (TPSA) is 225 Å². The van der Waals surface area contributed by atoms with Crippen LogP contribution in [-0.4, -0.2) is 122 Å². The average Bonchev–Trinajstić information content (AvgIpc) is 3.55. The minimum atomic E-state index is -1.88. The molecule has 0 aromatic rings. The number of epoxide rings is 1. The Morgan fingerprint density at radius 3 is 2.50 bits per heavy atom. The van der Waals surface area contributed by atoms with Gasteiger partial charge in [0.1, 0.15) is 22.9 Å². The van der Waals surface area contributed by atoms with Gasteiger partial charge in [0.2, 0.25) is 5.91 Å². The van der Waals surface area contributed by atoms with Crippen molar-refractivity contribution in [3.8, 4) is 0 Å². The van der Waals surface area contributed by atoms with Gasteiger partial charge >= 0.3 is 18.1 Å². The largest absolute Gasteiger partial charge is 0.455 e. The standard InChI is InChI=1S/C44H64N4O11S/c1-24-21-32(57-36(51)25(24)2)41(5,54)43(56)18-17-42(55)27-22-33-44(59-33)31(14-13-30(49)40(44,4)26(27)15-16-39(42,43)3)58-38(53)46-20-10-6-9-19-45-34(50)12-8-7-11-29-35-28(23-60-29)47-37(52)48-35/h13-14,26-29,31-33,35,54-56H,6-12,15-23H2,1-5H3,(H,45,50)(H,46,53)(H2,47,48,52)/t26?,27?,28?,29?,31-,32?,33+,35?,39-,40-,41?,42+,43-,44+/m0/s1. The summed E-state index contributed by atoms with van der Waals surface area (Å²) in [4.78, 5) is 63.8. The molecule has 8 rings (SSSR count). The summed E-state index contributed by atoms with van der Waals surface area (Å²) in [5.74, 6) is -0.521. The molecule has 7 N–H and O–H groups in total. The number of aliphatic hydroxyl groups is 3. The van der Waals surface area contributed by atoms with Crippen LogP contribution in [0.1, 0.15) is 118 Å². The van der Waals surface area contributed by atoms with E-state index < -0.39 is 69.5 Å². The number of allylic oxidation sites excluding steroid dienone is 1. The maximum Gasteiger partial charge on any atom is 0.407 e. The Kier molecular flexibility index (Phi) is 11.3. The summed E-state index contributed by atoms with van der Waals surface area (Å²) in [5.41, 5.74) is -7.28. The lowest BCUT2D eigenvalue weighted by atomic mass is 9.42. The molecule has 0 bridgehead atoms. The second-order valence-electron chi connectivity index (χ2n) is 19.6. The third kappa shape index (κ3) is 6.54. The molecule has 1 spiro atoms. The van der Waals surface area contributed by atoms with Gasteiger partial charge in [-0.3, -0.25) is 9.59 Å². The van der Waals surface area contributed by atoms with Crippen LogP contribution in [0.3, 0.4) is 0 Å². The maximum absolute atomic E-state index is 14.0. The fraction of sp³-hybridized carbons (Fsp3) is 0.795. The quantitative estimate of drug-likeness (QED) is 0.0578. The SMILES string of the molecule is CC1=C(C)C(=O)OC(C(C)(O)[C@]2(O)CC[C@@]3(O)C4C[C@H]5O[C@]56[C@@H](OC(=O)NCCCCCNC(=O)CCCCC5SCC7NC(=O)NC75)C=CC(=O)[C@]6(C)C4CC[C@@]32C)C1. The van der Waals surface area contributed by atoms with Crippen molar-refractivity contribution in [1.29, 1.82) is 0 Å². The number of thioether (sulfide) groups is 1. The number of nitrogens with one attached hydrogen (secondary N) is 4. The van der Waals surface area contributed by atoms with E-state index in [9.17, 15) is 39.3 Å². The number of unbranched alkanes of at least 4 members (excludes halogenated alkanes) is 3. The van der Waals surface area contributed by atoms with E-state index in [1.165, 1.54) is 13.0 Å². The summed E-state index contributed by atoms with van der Waals surface area (Å²) in [6.07, 6.45) is 7.31. The molecule has 4 aliphatic carbocycles. The third-order valence-electron chi connectivity index (χ3n) is 16.8. The second kappa shape index (κ2) is 15.6. The number of carbonyl (C=O) groups is 5. The smallest absolute Gasteiger partial charge is 0.407 e. The van der Waals surface area contributed by atoms with E-state index in [0.29, 0.717) is 56.0 Å². The summed E-state index contributed by atoms with van der Waals surface area (Å²) >= 11 is 1.88. The number of alkyl carbamates (subject to hydrolysis) is 1. The molecule has 16 heteroatoms. The first kappa shape index (κ1) is 43.5. The van der Waals surface area contributed by atoms with Gasteiger partial charge in [-0.2, -0.15) is 11.8 Å². The van der Waals surface area contributed by atoms with Crippen LogP contribution in [0.25, 0.3) is 0 Å². The number of ketones is 1. The zero-order valence-corrected chi connectivity index (χ0v) is 36.4. The second-order valence-corrected chi connectivity index (χ2v) is 20.9. The van der Waals surface area contributed by atoms with Crippen molar-refractivity contribution >= 4 is 41.5 Å². The highest BCUT2D eigenvalue weighted by molar-refractivity contribution is 8.00. The molecular weight excluding hydrogens is 793 g/mol. The highest BCUT2D eigenvalue weighted by atomic mass is 32.2. The molecule has 4 aliphatic heterocycles. The number of rotatable bonds is 14. The van der Waals surface area contributed by atoms with Crippen molar-refractivity contribution < 1.29 is 53.5 Å². The number of amides is 4. The molecule has 6 fully saturated rings. The molecule has 14 atom stereocenters. The van der Waals surface area contributed by atoms with Crippen molar-refractivity contribution in [1.82, 2.24) is 21.3 Å². The fourth-order valence-electron chi connectivity index (χ4n) is 12.9. The monoisotopic (exact) mass is 856 g/mol. The van der Waals surface area contributed by atoms with Crippen molar-refractivity contribution in [2.75, 3.05) is 18.8 Å². The van der Waals surface area contributed by atoms with E-state index >= 15 is 0 Å². The lowest BCUT2D eigenvalue weighted by molar-refractivity contribution is -0.283. The fourth-order valence-corrected chi connectivity index (χ4v) is 14.4. The highest BCUT2D eigenvalue weighted by Crippen LogP contribution is 2.75. The molecule has 15 nitrogen and oxygen atoms in total. The molecule has 60 heavy (non-hydrogen) atoms. The molecule has 8 aliphatic rings. The van der Waals surface area contributed by atoms with Crippen LogP contribution in [0.15, 0.2) is 23.3 Å². The molecule has 0 aromatic carbocycles. The van der Waals surface area contributed by atoms with Crippen LogP contribution in [0, 0.1) is 22.7 Å². The first-order valence-corrected chi connectivity index (χ1v) is 23.2. The molecule has 4 amide bonds. The predicted octanol–water partition coefficient (Wildman–Crippen LogP) is 3.47. The summed E-state index contributed by atoms with van der Waals surface area (Å²) in [7, 11) is 0. The van der Waals surface area contributed by atoms with E-state index in [4.69, 9.17) is 14.2 Å². The minimum absolute atomic E-state index is 0.0327. The lowest BCUT2D eigenvalue weighted by Gasteiger charge is -2.63. The van der Waals surface area contributed by atoms with Gasteiger partial charge in [0.15, 0.2) is 11.9 Å². The zero-order chi connectivity index (χ0) is 43.0. The van der Waals surface area contributed by atoms with E-state index in [1.54, 1.807) is 13.0 Å². The van der Waals surface area contributed by atoms with Gasteiger partial charge in [0.05, 0.1) is 29.2 Å². The zero-order valence-electron chi connectivity index (χ0n) is 35.6. The Morgan fingerprint density at radius 1 is 1.00 bits per heavy atom. The van der Waals surface area contributed by atoms with Crippen LogP contribution in [0.5, 0.6) is 0 Å². The number of ether oxygens (including phenoxy) is 3. The maximum atomic E-state index is 14.0. The number of cyclic esters (lactones) is 1. The molecule has 0 aromatic heterocycles. The van der Waals surface area contributed by atoms with Gasteiger partial charge in [0.25, 0.3) is 0 Å². The van der Waals surface area contributed by atoms with Crippen molar-refractivity contribution in [3.63, 3.8) is 0 Å². The number of carbonyl (C=O) groups excluding carboxylic acids is 5. The molecular formula is C44H64N4O11S. The van der Waals surface area contributed by atoms with Crippen LogP contribution in [0.4, 0.5) is 9.59 Å². The van der Waals surface area contributed by atoms with Crippen molar-refractivity contribution in [2.24, 2.45) is 22.7 Å². The van der Waals surface area contributed by atoms with Gasteiger partial charge in [-0.1, -0.05) is 18.9 Å². The molecule has 3 saturated carbocycles. The minimum Gasteiger partial charge on any atom is -0.455 e. The Morgan fingerprint density at radius 2 is 1.75 bits per heavy atom. The van der Waals surface area contributed by atoms with Crippen molar-refractivity contribution in [2.45, 2.75) is 176 Å². The average molecular weight is 857 g/mol. The predicted molar refractivity (Wildman–Crippen MR) is 221 cm³/mol. The van der Waals surface area contributed by atoms with Gasteiger partial charge < -0.3 is 50.8 Å². The van der Waals surface area contributed by atoms with E-state index in [0.717, 1.165) is 43.4 Å². The van der Waals surface area contributed by atoms with Crippen LogP contribution in [-0.2, 0) is 28.6 Å². The Balaban J connectivity index is 0.804. The highest BCUT2D eigenvalue weighted by Gasteiger charge is 2.85. The van der Waals surface area contributed by atoms with Crippen LogP contribution in [0.2, 0.25) is 0 Å². The molecule has 0 radical (unpaired) electrons. The number of hydrogen-bond donors (Lipinski definition) is 7. The molecule has 4 heterocycles. The summed E-state index contributed by atoms with van der Waals surface area (Å²) in [6.45, 7) is 9.64. The van der Waals surface area contributed by atoms with E-state index in [1.807, 2.05) is 32.5 Å². The van der Waals surface area contributed by atoms with E-state index in [-0.39, 0.29) is 55.0 Å². The van der Waals surface area contributed by atoms with Crippen LogP contribution >= 0.6 is 11.8 Å².